The van der Waals surface area contributed by atoms with Gasteiger partial charge in [0.1, 0.15) is 0 Å². The minimum Gasteiger partial charge on any atom is -0.324 e. The SMILES string of the molecule is CC(C)(C)CCC(N)c1ccccc1C(C)(C)C. The number of rotatable bonds is 3. The van der Waals surface area contributed by atoms with Crippen molar-refractivity contribution in [1.29, 1.82) is 0 Å². The zero-order valence-corrected chi connectivity index (χ0v) is 12.9. The third kappa shape index (κ3) is 4.45. The molecule has 1 heteroatoms. The second-order valence-corrected chi connectivity index (χ2v) is 7.54. The largest absolute Gasteiger partial charge is 0.324 e. The van der Waals surface area contributed by atoms with Gasteiger partial charge in [0.05, 0.1) is 0 Å². The molecular weight excluding hydrogens is 218 g/mol. The van der Waals surface area contributed by atoms with Crippen molar-refractivity contribution >= 4 is 0 Å². The zero-order chi connectivity index (χ0) is 14.0. The van der Waals surface area contributed by atoms with E-state index in [1.165, 1.54) is 11.1 Å². The van der Waals surface area contributed by atoms with Crippen LogP contribution in [0.15, 0.2) is 24.3 Å². The molecule has 0 bridgehead atoms. The van der Waals surface area contributed by atoms with E-state index in [1.54, 1.807) is 0 Å². The smallest absolute Gasteiger partial charge is 0.0297 e. The second kappa shape index (κ2) is 5.44. The molecule has 1 unspecified atom stereocenters. The molecular formula is C17H29N. The summed E-state index contributed by atoms with van der Waals surface area (Å²) in [5.41, 5.74) is 9.61. The fraction of sp³-hybridized carbons (Fsp3) is 0.647. The quantitative estimate of drug-likeness (QED) is 0.815. The van der Waals surface area contributed by atoms with E-state index in [2.05, 4.69) is 65.8 Å². The predicted molar refractivity (Wildman–Crippen MR) is 80.8 cm³/mol. The van der Waals surface area contributed by atoms with Gasteiger partial charge in [-0.25, -0.2) is 0 Å². The van der Waals surface area contributed by atoms with E-state index >= 15 is 0 Å². The van der Waals surface area contributed by atoms with Gasteiger partial charge in [0, 0.05) is 6.04 Å². The molecule has 18 heavy (non-hydrogen) atoms. The summed E-state index contributed by atoms with van der Waals surface area (Å²) >= 11 is 0. The van der Waals surface area contributed by atoms with Crippen molar-refractivity contribution in [3.05, 3.63) is 35.4 Å². The average molecular weight is 247 g/mol. The number of benzene rings is 1. The van der Waals surface area contributed by atoms with E-state index < -0.39 is 0 Å². The van der Waals surface area contributed by atoms with Gasteiger partial charge in [-0.15, -0.1) is 0 Å². The molecule has 0 fully saturated rings. The van der Waals surface area contributed by atoms with Gasteiger partial charge in [0.15, 0.2) is 0 Å². The Morgan fingerprint density at radius 1 is 1.00 bits per heavy atom. The third-order valence-corrected chi connectivity index (χ3v) is 3.37. The highest BCUT2D eigenvalue weighted by molar-refractivity contribution is 5.35. The van der Waals surface area contributed by atoms with Gasteiger partial charge < -0.3 is 5.73 Å². The van der Waals surface area contributed by atoms with Crippen LogP contribution in [-0.4, -0.2) is 0 Å². The lowest BCUT2D eigenvalue weighted by atomic mass is 9.80. The van der Waals surface area contributed by atoms with E-state index in [0.29, 0.717) is 5.41 Å². The van der Waals surface area contributed by atoms with Gasteiger partial charge in [-0.1, -0.05) is 65.8 Å². The lowest BCUT2D eigenvalue weighted by Gasteiger charge is -2.27. The number of hydrogen-bond acceptors (Lipinski definition) is 1. The van der Waals surface area contributed by atoms with Crippen molar-refractivity contribution in [3.8, 4) is 0 Å². The molecule has 0 amide bonds. The molecule has 0 spiro atoms. The molecule has 0 saturated heterocycles. The molecule has 2 N–H and O–H groups in total. The lowest BCUT2D eigenvalue weighted by molar-refractivity contribution is 0.348. The summed E-state index contributed by atoms with van der Waals surface area (Å²) in [5, 5.41) is 0. The van der Waals surface area contributed by atoms with Crippen molar-refractivity contribution in [1.82, 2.24) is 0 Å². The molecule has 1 aromatic carbocycles. The van der Waals surface area contributed by atoms with Crippen molar-refractivity contribution in [2.24, 2.45) is 11.1 Å². The summed E-state index contributed by atoms with van der Waals surface area (Å²) in [6.07, 6.45) is 2.21. The van der Waals surface area contributed by atoms with Crippen LogP contribution < -0.4 is 5.73 Å². The van der Waals surface area contributed by atoms with Crippen LogP contribution in [0.4, 0.5) is 0 Å². The Hall–Kier alpha value is -0.820. The normalized spacial score (nSPS) is 14.6. The van der Waals surface area contributed by atoms with E-state index in [0.717, 1.165) is 12.8 Å². The van der Waals surface area contributed by atoms with Crippen LogP contribution in [-0.2, 0) is 5.41 Å². The maximum atomic E-state index is 6.40. The minimum absolute atomic E-state index is 0.152. The first-order valence-corrected chi connectivity index (χ1v) is 6.96. The molecule has 0 heterocycles. The van der Waals surface area contributed by atoms with Gasteiger partial charge in [-0.3, -0.25) is 0 Å². The molecule has 0 aliphatic heterocycles. The molecule has 0 saturated carbocycles. The fourth-order valence-corrected chi connectivity index (χ4v) is 2.25. The van der Waals surface area contributed by atoms with Crippen LogP contribution in [0.25, 0.3) is 0 Å². The van der Waals surface area contributed by atoms with E-state index in [9.17, 15) is 0 Å². The Balaban J connectivity index is 2.89. The van der Waals surface area contributed by atoms with Gasteiger partial charge in [0.2, 0.25) is 0 Å². The molecule has 0 aromatic heterocycles. The first-order valence-electron chi connectivity index (χ1n) is 6.96. The summed E-state index contributed by atoms with van der Waals surface area (Å²) in [6, 6.07) is 8.77. The molecule has 1 atom stereocenters. The number of hydrogen-bond donors (Lipinski definition) is 1. The summed E-state index contributed by atoms with van der Waals surface area (Å²) in [7, 11) is 0. The fourth-order valence-electron chi connectivity index (χ4n) is 2.25. The van der Waals surface area contributed by atoms with Crippen molar-refractivity contribution in [3.63, 3.8) is 0 Å². The number of nitrogens with two attached hydrogens (primary N) is 1. The van der Waals surface area contributed by atoms with Crippen LogP contribution in [0, 0.1) is 5.41 Å². The Morgan fingerprint density at radius 3 is 2.06 bits per heavy atom. The topological polar surface area (TPSA) is 26.0 Å². The summed E-state index contributed by atoms with van der Waals surface area (Å²) in [4.78, 5) is 0. The molecule has 0 radical (unpaired) electrons. The molecule has 1 aromatic rings. The third-order valence-electron chi connectivity index (χ3n) is 3.37. The van der Waals surface area contributed by atoms with E-state index in [-0.39, 0.29) is 11.5 Å². The monoisotopic (exact) mass is 247 g/mol. The Labute approximate surface area is 113 Å². The van der Waals surface area contributed by atoms with Crippen LogP contribution >= 0.6 is 0 Å². The van der Waals surface area contributed by atoms with Gasteiger partial charge in [-0.05, 0) is 34.8 Å². The minimum atomic E-state index is 0.152. The van der Waals surface area contributed by atoms with Crippen molar-refractivity contribution < 1.29 is 0 Å². The maximum Gasteiger partial charge on any atom is 0.0297 e. The van der Waals surface area contributed by atoms with Gasteiger partial charge in [0.25, 0.3) is 0 Å². The molecule has 1 nitrogen and oxygen atoms in total. The Bertz CT molecular complexity index is 379. The zero-order valence-electron chi connectivity index (χ0n) is 12.9. The summed E-state index contributed by atoms with van der Waals surface area (Å²) in [5.74, 6) is 0. The second-order valence-electron chi connectivity index (χ2n) is 7.54. The molecule has 102 valence electrons. The van der Waals surface area contributed by atoms with Crippen LogP contribution in [0.3, 0.4) is 0 Å². The highest BCUT2D eigenvalue weighted by atomic mass is 14.6. The van der Waals surface area contributed by atoms with Crippen LogP contribution in [0.1, 0.15) is 71.6 Å². The van der Waals surface area contributed by atoms with Gasteiger partial charge >= 0.3 is 0 Å². The Kier molecular flexibility index (Phi) is 4.61. The van der Waals surface area contributed by atoms with Crippen LogP contribution in [0.5, 0.6) is 0 Å². The highest BCUT2D eigenvalue weighted by Gasteiger charge is 2.21. The molecule has 0 aliphatic rings. The maximum absolute atomic E-state index is 6.40. The van der Waals surface area contributed by atoms with Crippen molar-refractivity contribution in [2.75, 3.05) is 0 Å². The predicted octanol–water partition coefficient (Wildman–Crippen LogP) is 4.81. The van der Waals surface area contributed by atoms with Gasteiger partial charge in [-0.2, -0.15) is 0 Å². The van der Waals surface area contributed by atoms with Crippen molar-refractivity contribution in [2.45, 2.75) is 65.8 Å². The summed E-state index contributed by atoms with van der Waals surface area (Å²) in [6.45, 7) is 13.6. The van der Waals surface area contributed by atoms with E-state index in [4.69, 9.17) is 5.73 Å². The standard InChI is InChI=1S/C17H29N/c1-16(2,3)12-11-15(18)13-9-7-8-10-14(13)17(4,5)6/h7-10,15H,11-12,18H2,1-6H3. The van der Waals surface area contributed by atoms with Crippen LogP contribution in [0.2, 0.25) is 0 Å². The Morgan fingerprint density at radius 2 is 1.56 bits per heavy atom. The first kappa shape index (κ1) is 15.2. The highest BCUT2D eigenvalue weighted by Crippen LogP contribution is 2.32. The lowest BCUT2D eigenvalue weighted by Crippen LogP contribution is -2.21. The molecule has 1 rings (SSSR count). The average Bonchev–Trinajstić information content (AvgIpc) is 2.24. The van der Waals surface area contributed by atoms with E-state index in [1.807, 2.05) is 0 Å². The molecule has 0 aliphatic carbocycles. The first-order chi connectivity index (χ1) is 8.11. The summed E-state index contributed by atoms with van der Waals surface area (Å²) < 4.78 is 0.